The van der Waals surface area contributed by atoms with Crippen LogP contribution in [0.3, 0.4) is 0 Å². The number of hydrogen-bond acceptors (Lipinski definition) is 2. The summed E-state index contributed by atoms with van der Waals surface area (Å²) in [4.78, 5) is 0. The molecule has 0 aliphatic carbocycles. The average Bonchev–Trinajstić information content (AvgIpc) is 2.64. The zero-order valence-corrected chi connectivity index (χ0v) is 15.9. The number of ether oxygens (including phenoxy) is 2. The van der Waals surface area contributed by atoms with Crippen LogP contribution in [0.4, 0.5) is 0 Å². The van der Waals surface area contributed by atoms with Crippen molar-refractivity contribution in [1.82, 2.24) is 0 Å². The molecule has 0 saturated carbocycles. The fourth-order valence-corrected chi connectivity index (χ4v) is 3.93. The van der Waals surface area contributed by atoms with Crippen molar-refractivity contribution in [2.75, 3.05) is 13.2 Å². The maximum absolute atomic E-state index is 5.79. The lowest BCUT2D eigenvalue weighted by atomic mass is 10.0. The van der Waals surface area contributed by atoms with Crippen LogP contribution in [-0.4, -0.2) is 25.4 Å². The Labute approximate surface area is 150 Å². The number of unbranched alkanes of at least 4 members (excludes halogenated alkanes) is 6. The van der Waals surface area contributed by atoms with Crippen molar-refractivity contribution in [2.24, 2.45) is 0 Å². The van der Waals surface area contributed by atoms with Crippen LogP contribution in [0.15, 0.2) is 12.2 Å². The van der Waals surface area contributed by atoms with Crippen LogP contribution in [0.25, 0.3) is 0 Å². The zero-order chi connectivity index (χ0) is 16.7. The first kappa shape index (κ1) is 20.0. The molecule has 2 aliphatic heterocycles. The van der Waals surface area contributed by atoms with E-state index in [-0.39, 0.29) is 0 Å². The molecule has 0 aromatic carbocycles. The summed E-state index contributed by atoms with van der Waals surface area (Å²) in [6, 6.07) is 0. The van der Waals surface area contributed by atoms with Gasteiger partial charge < -0.3 is 9.47 Å². The molecule has 2 unspecified atom stereocenters. The van der Waals surface area contributed by atoms with E-state index in [1.165, 1.54) is 103 Å². The number of rotatable bonds is 12. The van der Waals surface area contributed by atoms with Gasteiger partial charge in [-0.2, -0.15) is 0 Å². The van der Waals surface area contributed by atoms with Crippen molar-refractivity contribution in [3.8, 4) is 0 Å². The van der Waals surface area contributed by atoms with Crippen LogP contribution in [0.5, 0.6) is 0 Å². The van der Waals surface area contributed by atoms with E-state index in [0.29, 0.717) is 12.2 Å². The molecular formula is C22H40O2. The molecule has 0 N–H and O–H groups in total. The van der Waals surface area contributed by atoms with Crippen molar-refractivity contribution in [3.63, 3.8) is 0 Å². The molecular weight excluding hydrogens is 296 g/mol. The van der Waals surface area contributed by atoms with Crippen molar-refractivity contribution in [1.29, 1.82) is 0 Å². The van der Waals surface area contributed by atoms with E-state index in [4.69, 9.17) is 9.47 Å². The topological polar surface area (TPSA) is 18.5 Å². The molecule has 2 saturated heterocycles. The Morgan fingerprint density at radius 2 is 1.08 bits per heavy atom. The quantitative estimate of drug-likeness (QED) is 0.296. The molecule has 2 aliphatic rings. The lowest BCUT2D eigenvalue weighted by Gasteiger charge is -2.22. The minimum Gasteiger partial charge on any atom is -0.378 e. The molecule has 2 atom stereocenters. The maximum Gasteiger partial charge on any atom is 0.0575 e. The molecule has 2 heterocycles. The Kier molecular flexibility index (Phi) is 11.6. The van der Waals surface area contributed by atoms with Gasteiger partial charge in [-0.25, -0.2) is 0 Å². The zero-order valence-electron chi connectivity index (χ0n) is 15.9. The van der Waals surface area contributed by atoms with E-state index in [2.05, 4.69) is 12.2 Å². The van der Waals surface area contributed by atoms with Gasteiger partial charge >= 0.3 is 0 Å². The summed E-state index contributed by atoms with van der Waals surface area (Å²) >= 11 is 0. The molecule has 2 fully saturated rings. The van der Waals surface area contributed by atoms with Crippen LogP contribution < -0.4 is 0 Å². The van der Waals surface area contributed by atoms with Gasteiger partial charge in [0, 0.05) is 13.2 Å². The highest BCUT2D eigenvalue weighted by atomic mass is 16.5. The first-order valence-electron chi connectivity index (χ1n) is 10.8. The molecule has 0 aromatic rings. The van der Waals surface area contributed by atoms with E-state index >= 15 is 0 Å². The van der Waals surface area contributed by atoms with Crippen molar-refractivity contribution >= 4 is 0 Å². The van der Waals surface area contributed by atoms with Crippen molar-refractivity contribution in [3.05, 3.63) is 12.2 Å². The fourth-order valence-electron chi connectivity index (χ4n) is 3.93. The molecule has 0 radical (unpaired) electrons. The van der Waals surface area contributed by atoms with Crippen molar-refractivity contribution < 1.29 is 9.47 Å². The van der Waals surface area contributed by atoms with E-state index in [9.17, 15) is 0 Å². The van der Waals surface area contributed by atoms with Gasteiger partial charge in [0.25, 0.3) is 0 Å². The highest BCUT2D eigenvalue weighted by Gasteiger charge is 2.13. The molecule has 0 aromatic heterocycles. The first-order chi connectivity index (χ1) is 11.9. The van der Waals surface area contributed by atoms with Gasteiger partial charge in [-0.3, -0.25) is 0 Å². The highest BCUT2D eigenvalue weighted by molar-refractivity contribution is 4.81. The third-order valence-corrected chi connectivity index (χ3v) is 5.51. The van der Waals surface area contributed by atoms with Crippen LogP contribution >= 0.6 is 0 Å². The third kappa shape index (κ3) is 9.84. The summed E-state index contributed by atoms with van der Waals surface area (Å²) in [6.45, 7) is 2.00. The second-order valence-electron chi connectivity index (χ2n) is 7.72. The standard InChI is InChI=1S/C22H40O2/c1(3-5-7-9-15-21-17-11-13-19-23-21)2-4-6-8-10-16-22-18-12-14-20-24-22/h1-2,21-22H,3-20H2/b2-1-. The minimum absolute atomic E-state index is 0.577. The largest absolute Gasteiger partial charge is 0.378 e. The molecule has 24 heavy (non-hydrogen) atoms. The molecule has 2 heteroatoms. The Morgan fingerprint density at radius 1 is 0.583 bits per heavy atom. The van der Waals surface area contributed by atoms with Crippen LogP contribution in [0.2, 0.25) is 0 Å². The van der Waals surface area contributed by atoms with Crippen LogP contribution in [0.1, 0.15) is 103 Å². The smallest absolute Gasteiger partial charge is 0.0575 e. The summed E-state index contributed by atoms with van der Waals surface area (Å²) in [6.07, 6.45) is 27.1. The highest BCUT2D eigenvalue weighted by Crippen LogP contribution is 2.19. The lowest BCUT2D eigenvalue weighted by molar-refractivity contribution is 0.00966. The minimum atomic E-state index is 0.577. The predicted octanol–water partition coefficient (Wildman–Crippen LogP) is 6.58. The molecule has 140 valence electrons. The van der Waals surface area contributed by atoms with Gasteiger partial charge in [-0.05, 0) is 77.0 Å². The van der Waals surface area contributed by atoms with Gasteiger partial charge in [0.1, 0.15) is 0 Å². The molecule has 0 bridgehead atoms. The first-order valence-corrected chi connectivity index (χ1v) is 10.8. The average molecular weight is 337 g/mol. The summed E-state index contributed by atoms with van der Waals surface area (Å²) in [5, 5.41) is 0. The number of allylic oxidation sites excluding steroid dienone is 2. The van der Waals surface area contributed by atoms with Gasteiger partial charge in [-0.15, -0.1) is 0 Å². The third-order valence-electron chi connectivity index (χ3n) is 5.51. The van der Waals surface area contributed by atoms with Gasteiger partial charge in [0.15, 0.2) is 0 Å². The molecule has 0 spiro atoms. The Hall–Kier alpha value is -0.340. The predicted molar refractivity (Wildman–Crippen MR) is 102 cm³/mol. The summed E-state index contributed by atoms with van der Waals surface area (Å²) < 4.78 is 11.6. The maximum atomic E-state index is 5.79. The monoisotopic (exact) mass is 336 g/mol. The van der Waals surface area contributed by atoms with Crippen molar-refractivity contribution in [2.45, 2.75) is 115 Å². The van der Waals surface area contributed by atoms with E-state index in [1.807, 2.05) is 0 Å². The second-order valence-corrected chi connectivity index (χ2v) is 7.72. The van der Waals surface area contributed by atoms with E-state index in [1.54, 1.807) is 0 Å². The summed E-state index contributed by atoms with van der Waals surface area (Å²) in [5.74, 6) is 0. The SMILES string of the molecule is C(=C/CCCCCC1CCCCO1)/CCCCCC1CCCCO1. The van der Waals surface area contributed by atoms with Crippen LogP contribution in [-0.2, 0) is 9.47 Å². The Balaban J connectivity index is 1.30. The molecule has 2 nitrogen and oxygen atoms in total. The van der Waals surface area contributed by atoms with Crippen LogP contribution in [0, 0.1) is 0 Å². The second kappa shape index (κ2) is 13.9. The normalized spacial score (nSPS) is 25.3. The Morgan fingerprint density at radius 3 is 1.50 bits per heavy atom. The summed E-state index contributed by atoms with van der Waals surface area (Å²) in [7, 11) is 0. The van der Waals surface area contributed by atoms with Gasteiger partial charge in [0.05, 0.1) is 12.2 Å². The Bertz CT molecular complexity index is 271. The van der Waals surface area contributed by atoms with E-state index in [0.717, 1.165) is 13.2 Å². The van der Waals surface area contributed by atoms with E-state index < -0.39 is 0 Å². The fraction of sp³-hybridized carbons (Fsp3) is 0.909. The van der Waals surface area contributed by atoms with Gasteiger partial charge in [-0.1, -0.05) is 37.8 Å². The van der Waals surface area contributed by atoms with Gasteiger partial charge in [0.2, 0.25) is 0 Å². The lowest BCUT2D eigenvalue weighted by Crippen LogP contribution is -2.18. The molecule has 0 amide bonds. The molecule has 2 rings (SSSR count). The number of hydrogen-bond donors (Lipinski definition) is 0. The summed E-state index contributed by atoms with van der Waals surface area (Å²) in [5.41, 5.74) is 0.